The van der Waals surface area contributed by atoms with Crippen LogP contribution in [0.3, 0.4) is 0 Å². The quantitative estimate of drug-likeness (QED) is 0.833. The minimum atomic E-state index is -4.70. The Labute approximate surface area is 99.0 Å². The molecule has 7 heteroatoms. The number of rotatable bonds is 3. The van der Waals surface area contributed by atoms with Crippen LogP contribution in [-0.2, 0) is 18.8 Å². The van der Waals surface area contributed by atoms with Gasteiger partial charge in [-0.1, -0.05) is 0 Å². The average molecular weight is 272 g/mol. The highest BCUT2D eigenvalue weighted by Crippen LogP contribution is 2.36. The highest BCUT2D eigenvalue weighted by atomic mass is 19.4. The Kier molecular flexibility index (Phi) is 4.26. The molecule has 1 aromatic rings. The number of hydrogen-bond donors (Lipinski definition) is 1. The zero-order chi connectivity index (χ0) is 14.0. The highest BCUT2D eigenvalue weighted by molar-refractivity contribution is 5.35. The Bertz CT molecular complexity index is 407. The second kappa shape index (κ2) is 5.17. The normalized spacial score (nSPS) is 12.8. The van der Waals surface area contributed by atoms with Gasteiger partial charge in [0.15, 0.2) is 0 Å². The topological polar surface area (TPSA) is 20.2 Å². The van der Waals surface area contributed by atoms with Crippen molar-refractivity contribution in [3.05, 3.63) is 34.9 Å². The van der Waals surface area contributed by atoms with Crippen LogP contribution in [0, 0.1) is 0 Å². The van der Waals surface area contributed by atoms with Crippen molar-refractivity contribution >= 4 is 0 Å². The fourth-order valence-corrected chi connectivity index (χ4v) is 1.52. The molecule has 0 aromatic heterocycles. The molecule has 0 bridgehead atoms. The smallest absolute Gasteiger partial charge is 0.396 e. The summed E-state index contributed by atoms with van der Waals surface area (Å²) < 4.78 is 74.8. The zero-order valence-corrected chi connectivity index (χ0v) is 9.07. The zero-order valence-electron chi connectivity index (χ0n) is 9.07. The second-order valence-electron chi connectivity index (χ2n) is 3.69. The van der Waals surface area contributed by atoms with Crippen molar-refractivity contribution in [2.45, 2.75) is 25.2 Å². The SMILES string of the molecule is OCCCc1cc(C(F)(F)F)ccc1C(F)(F)F. The van der Waals surface area contributed by atoms with Crippen molar-refractivity contribution < 1.29 is 31.4 Å². The Balaban J connectivity index is 3.21. The predicted octanol–water partition coefficient (Wildman–Crippen LogP) is 3.65. The molecule has 102 valence electrons. The number of aliphatic hydroxyl groups is 1. The maximum absolute atomic E-state index is 12.6. The summed E-state index contributed by atoms with van der Waals surface area (Å²) in [6, 6.07) is 1.32. The molecule has 0 aliphatic carbocycles. The van der Waals surface area contributed by atoms with Crippen molar-refractivity contribution in [1.29, 1.82) is 0 Å². The predicted molar refractivity (Wildman–Crippen MR) is 51.9 cm³/mol. The second-order valence-corrected chi connectivity index (χ2v) is 3.69. The van der Waals surface area contributed by atoms with E-state index < -0.39 is 29.0 Å². The van der Waals surface area contributed by atoms with E-state index in [9.17, 15) is 26.3 Å². The van der Waals surface area contributed by atoms with Gasteiger partial charge in [-0.2, -0.15) is 26.3 Å². The Morgan fingerprint density at radius 3 is 2.00 bits per heavy atom. The van der Waals surface area contributed by atoms with E-state index in [1.54, 1.807) is 0 Å². The Morgan fingerprint density at radius 1 is 0.944 bits per heavy atom. The summed E-state index contributed by atoms with van der Waals surface area (Å²) >= 11 is 0. The Hall–Kier alpha value is -1.24. The minimum Gasteiger partial charge on any atom is -0.396 e. The largest absolute Gasteiger partial charge is 0.416 e. The molecule has 0 unspecified atom stereocenters. The summed E-state index contributed by atoms with van der Waals surface area (Å²) in [7, 11) is 0. The van der Waals surface area contributed by atoms with Crippen LogP contribution < -0.4 is 0 Å². The summed E-state index contributed by atoms with van der Waals surface area (Å²) in [4.78, 5) is 0. The number of hydrogen-bond acceptors (Lipinski definition) is 1. The number of halogens is 6. The maximum atomic E-state index is 12.6. The van der Waals surface area contributed by atoms with E-state index in [4.69, 9.17) is 5.11 Å². The molecular formula is C11H10F6O. The lowest BCUT2D eigenvalue weighted by atomic mass is 9.99. The van der Waals surface area contributed by atoms with Crippen LogP contribution in [0.2, 0.25) is 0 Å². The van der Waals surface area contributed by atoms with Crippen molar-refractivity contribution in [2.75, 3.05) is 6.61 Å². The van der Waals surface area contributed by atoms with Gasteiger partial charge in [-0.05, 0) is 36.6 Å². The molecule has 1 aromatic carbocycles. The maximum Gasteiger partial charge on any atom is 0.416 e. The molecule has 0 aliphatic heterocycles. The fourth-order valence-electron chi connectivity index (χ4n) is 1.52. The summed E-state index contributed by atoms with van der Waals surface area (Å²) in [6.45, 7) is -0.381. The van der Waals surface area contributed by atoms with Crippen LogP contribution in [0.5, 0.6) is 0 Å². The molecule has 0 amide bonds. The lowest BCUT2D eigenvalue weighted by Gasteiger charge is -2.15. The summed E-state index contributed by atoms with van der Waals surface area (Å²) in [6.07, 6.45) is -9.66. The minimum absolute atomic E-state index is 0.0234. The van der Waals surface area contributed by atoms with Crippen molar-refractivity contribution in [2.24, 2.45) is 0 Å². The first-order valence-electron chi connectivity index (χ1n) is 5.04. The van der Waals surface area contributed by atoms with Gasteiger partial charge in [0.2, 0.25) is 0 Å². The lowest BCUT2D eigenvalue weighted by Crippen LogP contribution is -2.13. The average Bonchev–Trinajstić information content (AvgIpc) is 2.23. The van der Waals surface area contributed by atoms with Gasteiger partial charge < -0.3 is 5.11 Å². The summed E-state index contributed by atoms with van der Waals surface area (Å²) in [5, 5.41) is 8.55. The van der Waals surface area contributed by atoms with Gasteiger partial charge in [0.25, 0.3) is 0 Å². The standard InChI is InChI=1S/C11H10F6O/c12-10(13,14)8-3-4-9(11(15,16)17)7(6-8)2-1-5-18/h3-4,6,18H,1-2,5H2. The molecule has 1 rings (SSSR count). The van der Waals surface area contributed by atoms with Gasteiger partial charge >= 0.3 is 12.4 Å². The molecule has 0 saturated heterocycles. The van der Waals surface area contributed by atoms with Crippen molar-refractivity contribution in [3.8, 4) is 0 Å². The molecule has 1 N–H and O–H groups in total. The Morgan fingerprint density at radius 2 is 1.56 bits per heavy atom. The molecule has 0 radical (unpaired) electrons. The van der Waals surface area contributed by atoms with Gasteiger partial charge in [0.05, 0.1) is 11.1 Å². The third-order valence-corrected chi connectivity index (χ3v) is 2.34. The van der Waals surface area contributed by atoms with E-state index in [-0.39, 0.29) is 19.4 Å². The molecular weight excluding hydrogens is 262 g/mol. The monoisotopic (exact) mass is 272 g/mol. The van der Waals surface area contributed by atoms with Crippen LogP contribution in [0.4, 0.5) is 26.3 Å². The molecule has 0 heterocycles. The number of benzene rings is 1. The molecule has 0 atom stereocenters. The number of aryl methyl sites for hydroxylation is 1. The van der Waals surface area contributed by atoms with Gasteiger partial charge in [-0.25, -0.2) is 0 Å². The van der Waals surface area contributed by atoms with Crippen molar-refractivity contribution in [1.82, 2.24) is 0 Å². The molecule has 0 fully saturated rings. The van der Waals surface area contributed by atoms with Gasteiger partial charge in [-0.15, -0.1) is 0 Å². The van der Waals surface area contributed by atoms with Crippen LogP contribution >= 0.6 is 0 Å². The third-order valence-electron chi connectivity index (χ3n) is 2.34. The number of aliphatic hydroxyl groups excluding tert-OH is 1. The first kappa shape index (κ1) is 14.8. The first-order chi connectivity index (χ1) is 8.16. The highest BCUT2D eigenvalue weighted by Gasteiger charge is 2.36. The summed E-state index contributed by atoms with van der Waals surface area (Å²) in [5.41, 5.74) is -2.67. The van der Waals surface area contributed by atoms with Crippen LogP contribution in [0.25, 0.3) is 0 Å². The number of alkyl halides is 6. The molecule has 0 spiro atoms. The van der Waals surface area contributed by atoms with Crippen LogP contribution in [0.15, 0.2) is 18.2 Å². The van der Waals surface area contributed by atoms with Crippen LogP contribution in [-0.4, -0.2) is 11.7 Å². The first-order valence-corrected chi connectivity index (χ1v) is 5.04. The van der Waals surface area contributed by atoms with E-state index in [0.29, 0.717) is 18.2 Å². The fraction of sp³-hybridized carbons (Fsp3) is 0.455. The molecule has 0 saturated carbocycles. The molecule has 1 nitrogen and oxygen atoms in total. The summed E-state index contributed by atoms with van der Waals surface area (Å²) in [5.74, 6) is 0. The van der Waals surface area contributed by atoms with E-state index in [1.165, 1.54) is 0 Å². The third kappa shape index (κ3) is 3.63. The van der Waals surface area contributed by atoms with Crippen molar-refractivity contribution in [3.63, 3.8) is 0 Å². The van der Waals surface area contributed by atoms with Gasteiger partial charge in [0, 0.05) is 6.61 Å². The van der Waals surface area contributed by atoms with Gasteiger partial charge in [0.1, 0.15) is 0 Å². The van der Waals surface area contributed by atoms with E-state index in [0.717, 1.165) is 0 Å². The molecule has 18 heavy (non-hydrogen) atoms. The lowest BCUT2D eigenvalue weighted by molar-refractivity contribution is -0.141. The van der Waals surface area contributed by atoms with E-state index >= 15 is 0 Å². The molecule has 0 aliphatic rings. The van der Waals surface area contributed by atoms with Gasteiger partial charge in [-0.3, -0.25) is 0 Å². The van der Waals surface area contributed by atoms with E-state index in [1.807, 2.05) is 0 Å². The van der Waals surface area contributed by atoms with Crippen LogP contribution in [0.1, 0.15) is 23.1 Å². The van der Waals surface area contributed by atoms with E-state index in [2.05, 4.69) is 0 Å².